The van der Waals surface area contributed by atoms with Crippen molar-refractivity contribution in [3.05, 3.63) is 29.6 Å². The van der Waals surface area contributed by atoms with Crippen LogP contribution in [-0.4, -0.2) is 31.4 Å². The van der Waals surface area contributed by atoms with E-state index in [0.29, 0.717) is 24.9 Å². The molecule has 106 valence electrons. The maximum absolute atomic E-state index is 13.9. The number of nitrogens with zero attached hydrogens (tertiary/aromatic N) is 1. The van der Waals surface area contributed by atoms with Crippen molar-refractivity contribution < 1.29 is 12.8 Å². The summed E-state index contributed by atoms with van der Waals surface area (Å²) in [6.07, 6.45) is 1.21. The van der Waals surface area contributed by atoms with Gasteiger partial charge in [-0.05, 0) is 44.4 Å². The molecule has 2 rings (SSSR count). The molecule has 0 bridgehead atoms. The number of sulfonamides is 1. The van der Waals surface area contributed by atoms with Gasteiger partial charge in [-0.2, -0.15) is 4.31 Å². The van der Waals surface area contributed by atoms with Crippen LogP contribution >= 0.6 is 0 Å². The molecule has 0 radical (unpaired) electrons. The van der Waals surface area contributed by atoms with Crippen molar-refractivity contribution in [2.75, 3.05) is 6.54 Å². The fourth-order valence-corrected chi connectivity index (χ4v) is 4.19. The van der Waals surface area contributed by atoms with E-state index < -0.39 is 15.8 Å². The Kier molecular flexibility index (Phi) is 3.94. The number of hydrogen-bond acceptors (Lipinski definition) is 3. The Labute approximate surface area is 113 Å². The van der Waals surface area contributed by atoms with Gasteiger partial charge >= 0.3 is 0 Å². The summed E-state index contributed by atoms with van der Waals surface area (Å²) in [5.41, 5.74) is 6.52. The minimum Gasteiger partial charge on any atom is -0.328 e. The first-order valence-electron chi connectivity index (χ1n) is 6.36. The third kappa shape index (κ3) is 2.80. The zero-order valence-electron chi connectivity index (χ0n) is 11.1. The number of nitrogens with two attached hydrogens (primary N) is 1. The molecule has 2 N–H and O–H groups in total. The third-order valence-electron chi connectivity index (χ3n) is 3.53. The lowest BCUT2D eigenvalue weighted by Gasteiger charge is -2.35. The highest BCUT2D eigenvalue weighted by molar-refractivity contribution is 7.89. The van der Waals surface area contributed by atoms with Gasteiger partial charge in [0.25, 0.3) is 0 Å². The molecule has 1 saturated heterocycles. The number of hydrogen-bond donors (Lipinski definition) is 1. The van der Waals surface area contributed by atoms with Crippen LogP contribution in [-0.2, 0) is 10.0 Å². The third-order valence-corrected chi connectivity index (χ3v) is 5.58. The molecule has 0 spiro atoms. The van der Waals surface area contributed by atoms with Gasteiger partial charge in [-0.15, -0.1) is 0 Å². The highest BCUT2D eigenvalue weighted by Crippen LogP contribution is 2.26. The SMILES string of the molecule is Cc1ccc(S(=O)(=O)N2CC[C@@H](N)C[C@@H]2C)c(F)c1. The Hall–Kier alpha value is -0.980. The van der Waals surface area contributed by atoms with Crippen molar-refractivity contribution in [2.24, 2.45) is 5.73 Å². The van der Waals surface area contributed by atoms with Gasteiger partial charge in [-0.1, -0.05) is 6.07 Å². The first-order valence-corrected chi connectivity index (χ1v) is 7.80. The van der Waals surface area contributed by atoms with Crippen molar-refractivity contribution in [3.63, 3.8) is 0 Å². The number of piperidine rings is 1. The molecule has 1 aromatic rings. The molecule has 0 saturated carbocycles. The molecule has 2 atom stereocenters. The summed E-state index contributed by atoms with van der Waals surface area (Å²) in [5, 5.41) is 0. The lowest BCUT2D eigenvalue weighted by molar-refractivity contribution is 0.246. The van der Waals surface area contributed by atoms with Crippen LogP contribution in [0.1, 0.15) is 25.3 Å². The molecule has 1 aromatic carbocycles. The topological polar surface area (TPSA) is 63.4 Å². The number of halogens is 1. The summed E-state index contributed by atoms with van der Waals surface area (Å²) < 4.78 is 40.2. The zero-order chi connectivity index (χ0) is 14.2. The predicted octanol–water partition coefficient (Wildman–Crippen LogP) is 1.63. The zero-order valence-corrected chi connectivity index (χ0v) is 12.0. The van der Waals surface area contributed by atoms with Crippen molar-refractivity contribution >= 4 is 10.0 Å². The first kappa shape index (κ1) is 14.4. The highest BCUT2D eigenvalue weighted by atomic mass is 32.2. The van der Waals surface area contributed by atoms with Crippen LogP contribution in [0.25, 0.3) is 0 Å². The van der Waals surface area contributed by atoms with Crippen molar-refractivity contribution in [1.82, 2.24) is 4.31 Å². The Morgan fingerprint density at radius 3 is 2.68 bits per heavy atom. The second kappa shape index (κ2) is 5.19. The van der Waals surface area contributed by atoms with E-state index >= 15 is 0 Å². The summed E-state index contributed by atoms with van der Waals surface area (Å²) in [4.78, 5) is -0.250. The monoisotopic (exact) mass is 286 g/mol. The van der Waals surface area contributed by atoms with E-state index in [0.717, 1.165) is 0 Å². The quantitative estimate of drug-likeness (QED) is 0.899. The van der Waals surface area contributed by atoms with Gasteiger partial charge < -0.3 is 5.73 Å². The van der Waals surface area contributed by atoms with E-state index in [9.17, 15) is 12.8 Å². The molecule has 6 heteroatoms. The van der Waals surface area contributed by atoms with Crippen LogP contribution in [0.4, 0.5) is 4.39 Å². The molecule has 1 fully saturated rings. The Balaban J connectivity index is 2.37. The largest absolute Gasteiger partial charge is 0.328 e. The summed E-state index contributed by atoms with van der Waals surface area (Å²) in [6.45, 7) is 3.88. The molecule has 1 heterocycles. The molecule has 0 unspecified atom stereocenters. The van der Waals surface area contributed by atoms with Crippen molar-refractivity contribution in [2.45, 2.75) is 43.7 Å². The summed E-state index contributed by atoms with van der Waals surface area (Å²) in [6, 6.07) is 4.00. The van der Waals surface area contributed by atoms with E-state index in [1.54, 1.807) is 13.0 Å². The Morgan fingerprint density at radius 1 is 1.42 bits per heavy atom. The fraction of sp³-hybridized carbons (Fsp3) is 0.538. The van der Waals surface area contributed by atoms with Crippen LogP contribution in [0.2, 0.25) is 0 Å². The lowest BCUT2D eigenvalue weighted by Crippen LogP contribution is -2.48. The molecular formula is C13H19FN2O2S. The van der Waals surface area contributed by atoms with Gasteiger partial charge in [0.1, 0.15) is 10.7 Å². The van der Waals surface area contributed by atoms with E-state index in [4.69, 9.17) is 5.73 Å². The molecule has 0 aliphatic carbocycles. The maximum atomic E-state index is 13.9. The smallest absolute Gasteiger partial charge is 0.246 e. The van der Waals surface area contributed by atoms with E-state index in [2.05, 4.69) is 0 Å². The average molecular weight is 286 g/mol. The minimum absolute atomic E-state index is 0.0179. The minimum atomic E-state index is -3.78. The van der Waals surface area contributed by atoms with Crippen LogP contribution in [0, 0.1) is 12.7 Å². The van der Waals surface area contributed by atoms with Crippen molar-refractivity contribution in [3.8, 4) is 0 Å². The molecule has 1 aliphatic heterocycles. The summed E-state index contributed by atoms with van der Waals surface area (Å²) in [7, 11) is -3.78. The summed E-state index contributed by atoms with van der Waals surface area (Å²) in [5.74, 6) is -0.693. The molecule has 19 heavy (non-hydrogen) atoms. The van der Waals surface area contributed by atoms with Gasteiger partial charge in [-0.3, -0.25) is 0 Å². The Morgan fingerprint density at radius 2 is 2.11 bits per heavy atom. The van der Waals surface area contributed by atoms with Gasteiger partial charge in [0.05, 0.1) is 0 Å². The van der Waals surface area contributed by atoms with Gasteiger partial charge in [-0.25, -0.2) is 12.8 Å². The Bertz CT molecular complexity index is 574. The average Bonchev–Trinajstić information content (AvgIpc) is 2.27. The molecule has 4 nitrogen and oxygen atoms in total. The molecule has 1 aliphatic rings. The second-order valence-electron chi connectivity index (χ2n) is 5.18. The molecule has 0 aromatic heterocycles. The normalized spacial score (nSPS) is 25.5. The molecular weight excluding hydrogens is 267 g/mol. The standard InChI is InChI=1S/C13H19FN2O2S/c1-9-3-4-13(12(14)7-9)19(17,18)16-6-5-11(15)8-10(16)2/h3-4,7,10-11H,5-6,8,15H2,1-2H3/t10-,11+/m0/s1. The maximum Gasteiger partial charge on any atom is 0.246 e. The highest BCUT2D eigenvalue weighted by Gasteiger charge is 2.34. The van der Waals surface area contributed by atoms with Gasteiger partial charge in [0, 0.05) is 18.6 Å². The number of rotatable bonds is 2. The van der Waals surface area contributed by atoms with Crippen LogP contribution in [0.5, 0.6) is 0 Å². The first-order chi connectivity index (χ1) is 8.82. The molecule has 0 amide bonds. The van der Waals surface area contributed by atoms with E-state index in [1.807, 2.05) is 6.92 Å². The van der Waals surface area contributed by atoms with Crippen LogP contribution in [0.15, 0.2) is 23.1 Å². The fourth-order valence-electron chi connectivity index (χ4n) is 2.49. The number of benzene rings is 1. The van der Waals surface area contributed by atoms with Crippen LogP contribution in [0.3, 0.4) is 0 Å². The lowest BCUT2D eigenvalue weighted by atomic mass is 10.0. The van der Waals surface area contributed by atoms with Crippen LogP contribution < -0.4 is 5.73 Å². The predicted molar refractivity (Wildman–Crippen MR) is 71.7 cm³/mol. The summed E-state index contributed by atoms with van der Waals surface area (Å²) >= 11 is 0. The van der Waals surface area contributed by atoms with Gasteiger partial charge in [0.15, 0.2) is 0 Å². The van der Waals surface area contributed by atoms with E-state index in [-0.39, 0.29) is 17.0 Å². The van der Waals surface area contributed by atoms with E-state index in [1.165, 1.54) is 16.4 Å². The number of aryl methyl sites for hydroxylation is 1. The second-order valence-corrected chi connectivity index (χ2v) is 7.04. The van der Waals surface area contributed by atoms with Gasteiger partial charge in [0.2, 0.25) is 10.0 Å². The van der Waals surface area contributed by atoms with Crippen molar-refractivity contribution in [1.29, 1.82) is 0 Å².